The molecule has 0 N–H and O–H groups in total. The van der Waals surface area contributed by atoms with Crippen LogP contribution in [0.15, 0.2) is 23.1 Å². The quantitative estimate of drug-likeness (QED) is 0.834. The number of nitrogens with zero attached hydrogens (tertiary/aromatic N) is 3. The van der Waals surface area contributed by atoms with Gasteiger partial charge in [0.15, 0.2) is 0 Å². The van der Waals surface area contributed by atoms with E-state index in [4.69, 9.17) is 0 Å². The zero-order chi connectivity index (χ0) is 18.9. The third-order valence-corrected chi connectivity index (χ3v) is 5.47. The van der Waals surface area contributed by atoms with Crippen LogP contribution in [0.1, 0.15) is 46.1 Å². The number of rotatable bonds is 4. The first-order valence-corrected chi connectivity index (χ1v) is 9.55. The van der Waals surface area contributed by atoms with E-state index in [0.717, 1.165) is 25.9 Å². The number of fused-ring (bicyclic) bond motifs is 1. The van der Waals surface area contributed by atoms with Crippen LogP contribution in [0.2, 0.25) is 0 Å². The molecule has 0 aromatic carbocycles. The Kier molecular flexibility index (Phi) is 5.47. The van der Waals surface area contributed by atoms with E-state index in [1.54, 1.807) is 10.6 Å². The molecular formula is C21H29FN3O. The molecule has 1 saturated heterocycles. The monoisotopic (exact) mass is 358 g/mol. The summed E-state index contributed by atoms with van der Waals surface area (Å²) in [7, 11) is 0. The molecule has 0 aliphatic carbocycles. The molecule has 2 aromatic heterocycles. The van der Waals surface area contributed by atoms with Crippen LogP contribution in [0, 0.1) is 17.7 Å². The van der Waals surface area contributed by atoms with Crippen LogP contribution in [0.5, 0.6) is 0 Å². The van der Waals surface area contributed by atoms with Crippen molar-refractivity contribution in [2.45, 2.75) is 59.5 Å². The fourth-order valence-corrected chi connectivity index (χ4v) is 4.10. The van der Waals surface area contributed by atoms with Gasteiger partial charge < -0.3 is 4.57 Å². The number of aromatic nitrogens is 2. The van der Waals surface area contributed by atoms with Crippen LogP contribution in [-0.2, 0) is 13.0 Å². The molecule has 5 heteroatoms. The molecule has 0 bridgehead atoms. The topological polar surface area (TPSA) is 38.1 Å². The minimum Gasteiger partial charge on any atom is -0.305 e. The van der Waals surface area contributed by atoms with Gasteiger partial charge in [-0.2, -0.15) is 0 Å². The van der Waals surface area contributed by atoms with Crippen LogP contribution in [-0.4, -0.2) is 33.6 Å². The van der Waals surface area contributed by atoms with Gasteiger partial charge in [-0.05, 0) is 43.7 Å². The third-order valence-electron chi connectivity index (χ3n) is 5.47. The van der Waals surface area contributed by atoms with E-state index in [-0.39, 0.29) is 16.8 Å². The summed E-state index contributed by atoms with van der Waals surface area (Å²) in [6.45, 7) is 11.1. The minimum absolute atomic E-state index is 0.0875. The Labute approximate surface area is 155 Å². The zero-order valence-corrected chi connectivity index (χ0v) is 16.3. The molecule has 1 aliphatic heterocycles. The second kappa shape index (κ2) is 7.47. The largest absolute Gasteiger partial charge is 0.305 e. The van der Waals surface area contributed by atoms with Crippen LogP contribution in [0.25, 0.3) is 11.0 Å². The second-order valence-electron chi connectivity index (χ2n) is 8.23. The van der Waals surface area contributed by atoms with Gasteiger partial charge in [-0.1, -0.05) is 27.7 Å². The van der Waals surface area contributed by atoms with Crippen molar-refractivity contribution in [3.05, 3.63) is 46.5 Å². The summed E-state index contributed by atoms with van der Waals surface area (Å²) in [5, 5.41) is 0. The summed E-state index contributed by atoms with van der Waals surface area (Å²) >= 11 is 0. The molecule has 1 unspecified atom stereocenters. The highest BCUT2D eigenvalue weighted by molar-refractivity contribution is 5.78. The van der Waals surface area contributed by atoms with Crippen molar-refractivity contribution < 1.29 is 4.39 Å². The van der Waals surface area contributed by atoms with Gasteiger partial charge in [-0.15, -0.1) is 0 Å². The maximum Gasteiger partial charge on any atom is 0.251 e. The molecule has 3 heterocycles. The summed E-state index contributed by atoms with van der Waals surface area (Å²) in [4.78, 5) is 19.2. The Hall–Kier alpha value is -1.75. The number of hydrogen-bond acceptors (Lipinski definition) is 3. The molecule has 1 fully saturated rings. The van der Waals surface area contributed by atoms with Gasteiger partial charge in [0.05, 0.1) is 17.2 Å². The lowest BCUT2D eigenvalue weighted by molar-refractivity contribution is 0.0776. The van der Waals surface area contributed by atoms with Crippen LogP contribution >= 0.6 is 0 Å². The van der Waals surface area contributed by atoms with Gasteiger partial charge in [-0.3, -0.25) is 14.7 Å². The average molecular weight is 358 g/mol. The number of hydrogen-bond donors (Lipinski definition) is 0. The number of likely N-dealkylation sites (tertiary alicyclic amines) is 1. The smallest absolute Gasteiger partial charge is 0.251 e. The van der Waals surface area contributed by atoms with Crippen molar-refractivity contribution >= 4 is 11.0 Å². The Balaban J connectivity index is 1.95. The Morgan fingerprint density at radius 3 is 2.73 bits per heavy atom. The number of piperidine rings is 1. The predicted molar refractivity (Wildman–Crippen MR) is 104 cm³/mol. The molecule has 0 spiro atoms. The molecule has 0 saturated carbocycles. The second-order valence-corrected chi connectivity index (χ2v) is 8.23. The normalized spacial score (nSPS) is 19.2. The van der Waals surface area contributed by atoms with Crippen molar-refractivity contribution in [3.8, 4) is 0 Å². The van der Waals surface area contributed by atoms with Crippen molar-refractivity contribution in [2.75, 3.05) is 13.1 Å². The van der Waals surface area contributed by atoms with Crippen molar-refractivity contribution in [1.29, 1.82) is 0 Å². The first kappa shape index (κ1) is 19.0. The third kappa shape index (κ3) is 3.68. The Morgan fingerprint density at radius 2 is 2.04 bits per heavy atom. The van der Waals surface area contributed by atoms with Gasteiger partial charge in [0.1, 0.15) is 5.82 Å². The predicted octanol–water partition coefficient (Wildman–Crippen LogP) is 3.81. The Bertz CT molecular complexity index is 837. The highest BCUT2D eigenvalue weighted by Crippen LogP contribution is 2.31. The minimum atomic E-state index is -0.334. The van der Waals surface area contributed by atoms with Gasteiger partial charge in [0.25, 0.3) is 5.56 Å². The van der Waals surface area contributed by atoms with E-state index in [0.29, 0.717) is 35.6 Å². The number of halogens is 1. The standard InChI is InChI=1S/C21H29FN3O/c1-5-15-16(22)14-23-17-9-10-19(26)25(20(15)17)13-12-24-11-7-6-8-18(24)21(2,3)4/h6,9-10,14,18H,5,7-8,11-13H2,1-4H3. The lowest BCUT2D eigenvalue weighted by atomic mass is 9.80. The van der Waals surface area contributed by atoms with E-state index in [1.807, 2.05) is 6.92 Å². The van der Waals surface area contributed by atoms with Crippen molar-refractivity contribution in [2.24, 2.45) is 5.41 Å². The average Bonchev–Trinajstić information content (AvgIpc) is 2.60. The summed E-state index contributed by atoms with van der Waals surface area (Å²) in [5.74, 6) is -0.334. The van der Waals surface area contributed by atoms with E-state index < -0.39 is 0 Å². The van der Waals surface area contributed by atoms with Crippen LogP contribution < -0.4 is 5.56 Å². The number of pyridine rings is 2. The lowest BCUT2D eigenvalue weighted by Crippen LogP contribution is -2.48. The number of aryl methyl sites for hydroxylation is 1. The van der Waals surface area contributed by atoms with E-state index >= 15 is 0 Å². The van der Waals surface area contributed by atoms with Gasteiger partial charge >= 0.3 is 0 Å². The maximum absolute atomic E-state index is 14.3. The van der Waals surface area contributed by atoms with Gasteiger partial charge in [0.2, 0.25) is 0 Å². The summed E-state index contributed by atoms with van der Waals surface area (Å²) in [6.07, 6.45) is 6.31. The molecule has 4 nitrogen and oxygen atoms in total. The van der Waals surface area contributed by atoms with Gasteiger partial charge in [0, 0.05) is 30.8 Å². The molecule has 1 aliphatic rings. The summed E-state index contributed by atoms with van der Waals surface area (Å²) < 4.78 is 16.0. The van der Waals surface area contributed by atoms with Crippen LogP contribution in [0.4, 0.5) is 4.39 Å². The molecule has 1 radical (unpaired) electrons. The SMILES string of the molecule is CCc1c(F)cnc2ccc(=O)n(CCN3CC[CH]CC3C(C)(C)C)c12. The summed E-state index contributed by atoms with van der Waals surface area (Å²) in [6, 6.07) is 3.70. The van der Waals surface area contributed by atoms with Crippen molar-refractivity contribution in [1.82, 2.24) is 14.5 Å². The highest BCUT2D eigenvalue weighted by Gasteiger charge is 2.32. The Morgan fingerprint density at radius 1 is 1.27 bits per heavy atom. The molecule has 3 rings (SSSR count). The molecule has 26 heavy (non-hydrogen) atoms. The summed E-state index contributed by atoms with van der Waals surface area (Å²) in [5.41, 5.74) is 2.00. The fraction of sp³-hybridized carbons (Fsp3) is 0.571. The van der Waals surface area contributed by atoms with Crippen molar-refractivity contribution in [3.63, 3.8) is 0 Å². The van der Waals surface area contributed by atoms with E-state index in [1.165, 1.54) is 12.3 Å². The molecule has 1 atom stereocenters. The highest BCUT2D eigenvalue weighted by atomic mass is 19.1. The maximum atomic E-state index is 14.3. The zero-order valence-electron chi connectivity index (χ0n) is 16.3. The molecular weight excluding hydrogens is 329 g/mol. The van der Waals surface area contributed by atoms with E-state index in [9.17, 15) is 9.18 Å². The molecule has 2 aromatic rings. The lowest BCUT2D eigenvalue weighted by Gasteiger charge is -2.43. The fourth-order valence-electron chi connectivity index (χ4n) is 4.10. The molecule has 141 valence electrons. The first-order chi connectivity index (χ1) is 12.3. The van der Waals surface area contributed by atoms with Gasteiger partial charge in [-0.25, -0.2) is 4.39 Å². The van der Waals surface area contributed by atoms with Crippen LogP contribution in [0.3, 0.4) is 0 Å². The molecule has 0 amide bonds. The van der Waals surface area contributed by atoms with E-state index in [2.05, 4.69) is 37.1 Å². The first-order valence-electron chi connectivity index (χ1n) is 9.55.